The van der Waals surface area contributed by atoms with Crippen LogP contribution in [0.25, 0.3) is 0 Å². The zero-order valence-electron chi connectivity index (χ0n) is 14.6. The van der Waals surface area contributed by atoms with Gasteiger partial charge in [-0.3, -0.25) is 4.79 Å². The first-order chi connectivity index (χ1) is 13.6. The van der Waals surface area contributed by atoms with E-state index in [0.29, 0.717) is 6.42 Å². The summed E-state index contributed by atoms with van der Waals surface area (Å²) in [5, 5.41) is 9.80. The smallest absolute Gasteiger partial charge is 0.338 e. The van der Waals surface area contributed by atoms with Crippen LogP contribution in [0.3, 0.4) is 0 Å². The standard InChI is InChI=1S/C20H15FN2O3S2/c21-14-5-1-4-13(10-14)20(25)26-12-19(24)23-16(18-7-3-9-28-18)11-15(22-23)17-6-2-8-27-17/h1-10,16H,11-12H2/t16-/m1/s1. The summed E-state index contributed by atoms with van der Waals surface area (Å²) in [7, 11) is 0. The lowest BCUT2D eigenvalue weighted by Crippen LogP contribution is -2.31. The highest BCUT2D eigenvalue weighted by atomic mass is 32.1. The third-order valence-corrected chi connectivity index (χ3v) is 6.12. The summed E-state index contributed by atoms with van der Waals surface area (Å²) in [6.07, 6.45) is 0.602. The van der Waals surface area contributed by atoms with Crippen LogP contribution < -0.4 is 0 Å². The van der Waals surface area contributed by atoms with Gasteiger partial charge in [-0.2, -0.15) is 5.10 Å². The third-order valence-electron chi connectivity index (χ3n) is 4.23. The predicted molar refractivity (Wildman–Crippen MR) is 106 cm³/mol. The molecule has 1 atom stereocenters. The van der Waals surface area contributed by atoms with E-state index < -0.39 is 24.3 Å². The van der Waals surface area contributed by atoms with Crippen LogP contribution in [0.2, 0.25) is 0 Å². The molecule has 0 radical (unpaired) electrons. The maximum absolute atomic E-state index is 13.3. The molecular formula is C20H15FN2O3S2. The van der Waals surface area contributed by atoms with Crippen LogP contribution in [0.1, 0.15) is 32.6 Å². The molecule has 0 saturated carbocycles. The Balaban J connectivity index is 1.49. The first kappa shape index (κ1) is 18.5. The summed E-state index contributed by atoms with van der Waals surface area (Å²) >= 11 is 3.11. The van der Waals surface area contributed by atoms with Crippen LogP contribution in [-0.4, -0.2) is 29.2 Å². The maximum Gasteiger partial charge on any atom is 0.338 e. The first-order valence-electron chi connectivity index (χ1n) is 8.51. The van der Waals surface area contributed by atoms with Gasteiger partial charge in [-0.05, 0) is 41.1 Å². The lowest BCUT2D eigenvalue weighted by Gasteiger charge is -2.20. The Kier molecular flexibility index (Phi) is 5.31. The Morgan fingerprint density at radius 3 is 2.68 bits per heavy atom. The van der Waals surface area contributed by atoms with Crippen molar-refractivity contribution >= 4 is 40.3 Å². The zero-order valence-corrected chi connectivity index (χ0v) is 16.2. The Hall–Kier alpha value is -2.84. The van der Waals surface area contributed by atoms with Gasteiger partial charge in [-0.1, -0.05) is 18.2 Å². The molecule has 1 aliphatic rings. The summed E-state index contributed by atoms with van der Waals surface area (Å²) in [6, 6.07) is 12.7. The third kappa shape index (κ3) is 3.88. The van der Waals surface area contributed by atoms with Crippen molar-refractivity contribution in [3.8, 4) is 0 Å². The topological polar surface area (TPSA) is 59.0 Å². The lowest BCUT2D eigenvalue weighted by molar-refractivity contribution is -0.136. The average molecular weight is 414 g/mol. The predicted octanol–water partition coefficient (Wildman–Crippen LogP) is 4.48. The van der Waals surface area contributed by atoms with Crippen molar-refractivity contribution in [3.63, 3.8) is 0 Å². The van der Waals surface area contributed by atoms with Crippen molar-refractivity contribution in [1.82, 2.24) is 5.01 Å². The number of halogens is 1. The first-order valence-corrected chi connectivity index (χ1v) is 10.3. The highest BCUT2D eigenvalue weighted by molar-refractivity contribution is 7.12. The van der Waals surface area contributed by atoms with Crippen molar-refractivity contribution in [2.24, 2.45) is 5.10 Å². The number of thiophene rings is 2. The number of ether oxygens (including phenoxy) is 1. The average Bonchev–Trinajstić information content (AvgIpc) is 3.46. The molecule has 0 bridgehead atoms. The van der Waals surface area contributed by atoms with Crippen molar-refractivity contribution in [1.29, 1.82) is 0 Å². The molecule has 0 fully saturated rings. The van der Waals surface area contributed by atoms with E-state index >= 15 is 0 Å². The van der Waals surface area contributed by atoms with Crippen molar-refractivity contribution in [3.05, 3.63) is 80.4 Å². The molecular weight excluding hydrogens is 399 g/mol. The minimum atomic E-state index is -0.748. The summed E-state index contributed by atoms with van der Waals surface area (Å²) in [4.78, 5) is 26.9. The molecule has 3 heterocycles. The lowest BCUT2D eigenvalue weighted by atomic mass is 10.1. The molecule has 1 aromatic carbocycles. The normalized spacial score (nSPS) is 16.1. The molecule has 0 spiro atoms. The molecule has 1 amide bonds. The second-order valence-electron chi connectivity index (χ2n) is 6.08. The van der Waals surface area contributed by atoms with Crippen LogP contribution >= 0.6 is 22.7 Å². The number of esters is 1. The fourth-order valence-corrected chi connectivity index (χ4v) is 4.46. The molecule has 0 aliphatic carbocycles. The van der Waals surface area contributed by atoms with Crippen LogP contribution in [0.15, 0.2) is 64.4 Å². The van der Waals surface area contributed by atoms with E-state index in [1.165, 1.54) is 23.2 Å². The van der Waals surface area contributed by atoms with Gasteiger partial charge < -0.3 is 4.74 Å². The molecule has 0 unspecified atom stereocenters. The Bertz CT molecular complexity index is 1020. The second-order valence-corrected chi connectivity index (χ2v) is 8.01. The van der Waals surface area contributed by atoms with Crippen molar-refractivity contribution in [2.45, 2.75) is 12.5 Å². The van der Waals surface area contributed by atoms with E-state index in [4.69, 9.17) is 4.74 Å². The molecule has 142 valence electrons. The van der Waals surface area contributed by atoms with Crippen molar-refractivity contribution < 1.29 is 18.7 Å². The summed E-state index contributed by atoms with van der Waals surface area (Å²) < 4.78 is 18.3. The van der Waals surface area contributed by atoms with Gasteiger partial charge in [0.15, 0.2) is 6.61 Å². The summed E-state index contributed by atoms with van der Waals surface area (Å²) in [6.45, 7) is -0.460. The largest absolute Gasteiger partial charge is 0.452 e. The number of rotatable bonds is 5. The molecule has 0 N–H and O–H groups in total. The van der Waals surface area contributed by atoms with Gasteiger partial charge in [-0.25, -0.2) is 14.2 Å². The monoisotopic (exact) mass is 414 g/mol. The maximum atomic E-state index is 13.3. The summed E-state index contributed by atoms with van der Waals surface area (Å²) in [5.41, 5.74) is 0.894. The van der Waals surface area contributed by atoms with E-state index in [1.807, 2.05) is 35.0 Å². The Morgan fingerprint density at radius 1 is 1.14 bits per heavy atom. The number of carbonyl (C=O) groups is 2. The molecule has 5 nitrogen and oxygen atoms in total. The molecule has 0 saturated heterocycles. The van der Waals surface area contributed by atoms with Gasteiger partial charge in [-0.15, -0.1) is 22.7 Å². The van der Waals surface area contributed by atoms with Gasteiger partial charge >= 0.3 is 5.97 Å². The molecule has 28 heavy (non-hydrogen) atoms. The number of amides is 1. The van der Waals surface area contributed by atoms with E-state index in [-0.39, 0.29) is 11.6 Å². The number of hydrogen-bond acceptors (Lipinski definition) is 6. The van der Waals surface area contributed by atoms with Gasteiger partial charge in [0.2, 0.25) is 0 Å². The minimum Gasteiger partial charge on any atom is -0.452 e. The van der Waals surface area contributed by atoms with Gasteiger partial charge in [0.05, 0.1) is 22.2 Å². The zero-order chi connectivity index (χ0) is 19.5. The van der Waals surface area contributed by atoms with E-state index in [1.54, 1.807) is 22.7 Å². The molecule has 8 heteroatoms. The van der Waals surface area contributed by atoms with Gasteiger partial charge in [0.1, 0.15) is 5.82 Å². The Morgan fingerprint density at radius 2 is 1.96 bits per heavy atom. The van der Waals surface area contributed by atoms with Crippen LogP contribution in [0.4, 0.5) is 4.39 Å². The van der Waals surface area contributed by atoms with E-state index in [2.05, 4.69) is 5.10 Å². The molecule has 4 rings (SSSR count). The van der Waals surface area contributed by atoms with Crippen LogP contribution in [0, 0.1) is 5.82 Å². The highest BCUT2D eigenvalue weighted by Gasteiger charge is 2.34. The fraction of sp³-hybridized carbons (Fsp3) is 0.150. The Labute approximate surface area is 168 Å². The van der Waals surface area contributed by atoms with E-state index in [9.17, 15) is 14.0 Å². The van der Waals surface area contributed by atoms with Crippen LogP contribution in [0.5, 0.6) is 0 Å². The van der Waals surface area contributed by atoms with Crippen LogP contribution in [-0.2, 0) is 9.53 Å². The molecule has 2 aromatic heterocycles. The second kappa shape index (κ2) is 8.04. The van der Waals surface area contributed by atoms with Gasteiger partial charge in [0, 0.05) is 11.3 Å². The minimum absolute atomic E-state index is 0.0619. The highest BCUT2D eigenvalue weighted by Crippen LogP contribution is 2.35. The van der Waals surface area contributed by atoms with Gasteiger partial charge in [0.25, 0.3) is 5.91 Å². The quantitative estimate of drug-likeness (QED) is 0.578. The number of hydrazone groups is 1. The number of carbonyl (C=O) groups excluding carboxylic acids is 2. The van der Waals surface area contributed by atoms with Crippen molar-refractivity contribution in [2.75, 3.05) is 6.61 Å². The summed E-state index contributed by atoms with van der Waals surface area (Å²) in [5.74, 6) is -1.71. The number of hydrogen-bond donors (Lipinski definition) is 0. The molecule has 1 aliphatic heterocycles. The molecule has 3 aromatic rings. The fourth-order valence-electron chi connectivity index (χ4n) is 2.93. The van der Waals surface area contributed by atoms with E-state index in [0.717, 1.165) is 21.5 Å². The SMILES string of the molecule is O=C(OCC(=O)N1N=C(c2cccs2)C[C@@H]1c1cccs1)c1cccc(F)c1. The number of nitrogens with zero attached hydrogens (tertiary/aromatic N) is 2. The number of benzene rings is 1.